The highest BCUT2D eigenvalue weighted by atomic mass is 16.1. The Morgan fingerprint density at radius 3 is 2.68 bits per heavy atom. The minimum atomic E-state index is -0.124. The molecule has 0 saturated heterocycles. The summed E-state index contributed by atoms with van der Waals surface area (Å²) >= 11 is 0. The van der Waals surface area contributed by atoms with E-state index in [1.54, 1.807) is 0 Å². The van der Waals surface area contributed by atoms with Gasteiger partial charge in [0.05, 0.1) is 0 Å². The van der Waals surface area contributed by atoms with Crippen molar-refractivity contribution in [1.82, 2.24) is 14.6 Å². The topological polar surface area (TPSA) is 59.3 Å². The predicted octanol–water partition coefficient (Wildman–Crippen LogP) is 3.96. The number of hydrogen-bond donors (Lipinski definition) is 1. The average Bonchev–Trinajstić information content (AvgIpc) is 3.06. The molecular formula is C20H16N4O. The summed E-state index contributed by atoms with van der Waals surface area (Å²) in [4.78, 5) is 12.5. The summed E-state index contributed by atoms with van der Waals surface area (Å²) in [5.74, 6) is 0.615. The highest BCUT2D eigenvalue weighted by Crippen LogP contribution is 2.22. The molecule has 0 radical (unpaired) electrons. The molecule has 2 aromatic heterocycles. The zero-order chi connectivity index (χ0) is 17.2. The number of hydrogen-bond acceptors (Lipinski definition) is 3. The number of amides is 1. The summed E-state index contributed by atoms with van der Waals surface area (Å²) in [6.07, 6.45) is 1.92. The second-order valence-corrected chi connectivity index (χ2v) is 5.80. The lowest BCUT2D eigenvalue weighted by atomic mass is 10.1. The number of anilines is 1. The first-order valence-corrected chi connectivity index (χ1v) is 7.99. The zero-order valence-corrected chi connectivity index (χ0v) is 13.7. The van der Waals surface area contributed by atoms with E-state index in [-0.39, 0.29) is 5.91 Å². The Kier molecular flexibility index (Phi) is 3.74. The number of pyridine rings is 1. The lowest BCUT2D eigenvalue weighted by Crippen LogP contribution is -2.13. The van der Waals surface area contributed by atoms with Crippen LogP contribution in [0, 0.1) is 6.92 Å². The molecule has 1 N–H and O–H groups in total. The van der Waals surface area contributed by atoms with Crippen LogP contribution in [-0.4, -0.2) is 20.5 Å². The van der Waals surface area contributed by atoms with Crippen LogP contribution < -0.4 is 5.32 Å². The molecule has 0 saturated carbocycles. The molecule has 122 valence electrons. The number of rotatable bonds is 3. The summed E-state index contributed by atoms with van der Waals surface area (Å²) < 4.78 is 1.92. The molecule has 1 amide bonds. The number of carbonyl (C=O) groups is 1. The third kappa shape index (κ3) is 2.87. The van der Waals surface area contributed by atoms with Gasteiger partial charge in [-0.15, -0.1) is 10.2 Å². The van der Waals surface area contributed by atoms with E-state index in [4.69, 9.17) is 0 Å². The van der Waals surface area contributed by atoms with Gasteiger partial charge in [0.1, 0.15) is 0 Å². The van der Waals surface area contributed by atoms with Crippen LogP contribution in [0.3, 0.4) is 0 Å². The quantitative estimate of drug-likeness (QED) is 0.619. The van der Waals surface area contributed by atoms with Crippen LogP contribution in [0.4, 0.5) is 5.69 Å². The Hall–Kier alpha value is -3.47. The molecule has 4 rings (SSSR count). The third-order valence-corrected chi connectivity index (χ3v) is 4.08. The van der Waals surface area contributed by atoms with E-state index in [1.807, 2.05) is 84.3 Å². The fraction of sp³-hybridized carbons (Fsp3) is 0.0500. The van der Waals surface area contributed by atoms with E-state index in [9.17, 15) is 4.79 Å². The van der Waals surface area contributed by atoms with Gasteiger partial charge in [-0.05, 0) is 42.8 Å². The largest absolute Gasteiger partial charge is 0.322 e. The first-order valence-electron chi connectivity index (χ1n) is 7.99. The van der Waals surface area contributed by atoms with Crippen LogP contribution in [0.2, 0.25) is 0 Å². The van der Waals surface area contributed by atoms with E-state index < -0.39 is 0 Å². The van der Waals surface area contributed by atoms with Crippen molar-refractivity contribution in [3.63, 3.8) is 0 Å². The van der Waals surface area contributed by atoms with Crippen LogP contribution in [0.15, 0.2) is 72.9 Å². The predicted molar refractivity (Wildman–Crippen MR) is 97.6 cm³/mol. The van der Waals surface area contributed by atoms with Crippen molar-refractivity contribution >= 4 is 17.2 Å². The third-order valence-electron chi connectivity index (χ3n) is 4.08. The summed E-state index contributed by atoms with van der Waals surface area (Å²) in [6.45, 7) is 1.92. The first-order chi connectivity index (χ1) is 12.2. The van der Waals surface area contributed by atoms with Crippen LogP contribution in [0.1, 0.15) is 15.9 Å². The molecule has 0 atom stereocenters. The van der Waals surface area contributed by atoms with Gasteiger partial charge in [0.15, 0.2) is 11.5 Å². The minimum absolute atomic E-state index is 0.124. The highest BCUT2D eigenvalue weighted by Gasteiger charge is 2.11. The van der Waals surface area contributed by atoms with Crippen molar-refractivity contribution in [3.8, 4) is 11.4 Å². The molecule has 5 nitrogen and oxygen atoms in total. The Balaban J connectivity index is 1.66. The van der Waals surface area contributed by atoms with Gasteiger partial charge in [-0.25, -0.2) is 0 Å². The summed E-state index contributed by atoms with van der Waals surface area (Å²) in [7, 11) is 0. The highest BCUT2D eigenvalue weighted by molar-refractivity contribution is 6.05. The lowest BCUT2D eigenvalue weighted by Gasteiger charge is -2.09. The number of aromatic nitrogens is 3. The zero-order valence-electron chi connectivity index (χ0n) is 13.7. The average molecular weight is 328 g/mol. The van der Waals surface area contributed by atoms with Crippen molar-refractivity contribution in [2.75, 3.05) is 5.32 Å². The SMILES string of the molecule is Cc1ccccc1C(=O)Nc1cccc(-c2nnc3ccccn23)c1. The maximum absolute atomic E-state index is 12.5. The number of nitrogens with zero attached hydrogens (tertiary/aromatic N) is 3. The van der Waals surface area contributed by atoms with Crippen molar-refractivity contribution in [1.29, 1.82) is 0 Å². The second-order valence-electron chi connectivity index (χ2n) is 5.80. The fourth-order valence-corrected chi connectivity index (χ4v) is 2.80. The first kappa shape index (κ1) is 15.1. The van der Waals surface area contributed by atoms with E-state index >= 15 is 0 Å². The van der Waals surface area contributed by atoms with Gasteiger partial charge in [-0.1, -0.05) is 36.4 Å². The van der Waals surface area contributed by atoms with Gasteiger partial charge in [-0.3, -0.25) is 9.20 Å². The van der Waals surface area contributed by atoms with Crippen molar-refractivity contribution in [3.05, 3.63) is 84.1 Å². The van der Waals surface area contributed by atoms with Crippen LogP contribution in [-0.2, 0) is 0 Å². The van der Waals surface area contributed by atoms with E-state index in [0.29, 0.717) is 5.56 Å². The van der Waals surface area contributed by atoms with Gasteiger partial charge >= 0.3 is 0 Å². The Morgan fingerprint density at radius 2 is 1.80 bits per heavy atom. The standard InChI is InChI=1S/C20H16N4O/c1-14-7-2-3-10-17(14)20(25)21-16-9-6-8-15(13-16)19-23-22-18-11-4-5-12-24(18)19/h2-13H,1H3,(H,21,25). The smallest absolute Gasteiger partial charge is 0.255 e. The number of fused-ring (bicyclic) bond motifs is 1. The summed E-state index contributed by atoms with van der Waals surface area (Å²) in [5.41, 5.74) is 4.01. The Labute approximate surface area is 145 Å². The molecule has 2 heterocycles. The molecular weight excluding hydrogens is 312 g/mol. The normalized spacial score (nSPS) is 10.8. The van der Waals surface area contributed by atoms with Gasteiger partial charge in [0, 0.05) is 23.0 Å². The molecule has 25 heavy (non-hydrogen) atoms. The molecule has 5 heteroatoms. The number of benzene rings is 2. The number of aryl methyl sites for hydroxylation is 1. The molecule has 0 spiro atoms. The van der Waals surface area contributed by atoms with E-state index in [0.717, 1.165) is 28.3 Å². The van der Waals surface area contributed by atoms with Crippen molar-refractivity contribution < 1.29 is 4.79 Å². The monoisotopic (exact) mass is 328 g/mol. The van der Waals surface area contributed by atoms with Gasteiger partial charge in [0.25, 0.3) is 5.91 Å². The van der Waals surface area contributed by atoms with E-state index in [1.165, 1.54) is 0 Å². The summed E-state index contributed by atoms with van der Waals surface area (Å²) in [5, 5.41) is 11.4. The maximum Gasteiger partial charge on any atom is 0.255 e. The maximum atomic E-state index is 12.5. The van der Waals surface area contributed by atoms with E-state index in [2.05, 4.69) is 15.5 Å². The fourth-order valence-electron chi connectivity index (χ4n) is 2.80. The minimum Gasteiger partial charge on any atom is -0.322 e. The number of nitrogens with one attached hydrogen (secondary N) is 1. The Morgan fingerprint density at radius 1 is 0.960 bits per heavy atom. The molecule has 4 aromatic rings. The Bertz CT molecular complexity index is 1070. The van der Waals surface area contributed by atoms with Gasteiger partial charge < -0.3 is 5.32 Å². The van der Waals surface area contributed by atoms with Gasteiger partial charge in [0.2, 0.25) is 0 Å². The van der Waals surface area contributed by atoms with Crippen LogP contribution >= 0.6 is 0 Å². The molecule has 0 bridgehead atoms. The second kappa shape index (κ2) is 6.20. The number of carbonyl (C=O) groups excluding carboxylic acids is 1. The summed E-state index contributed by atoms with van der Waals surface area (Å²) in [6, 6.07) is 20.9. The molecule has 0 aliphatic heterocycles. The van der Waals surface area contributed by atoms with Crippen LogP contribution in [0.5, 0.6) is 0 Å². The molecule has 0 aliphatic rings. The molecule has 0 fully saturated rings. The van der Waals surface area contributed by atoms with Crippen molar-refractivity contribution in [2.45, 2.75) is 6.92 Å². The van der Waals surface area contributed by atoms with Crippen molar-refractivity contribution in [2.24, 2.45) is 0 Å². The lowest BCUT2D eigenvalue weighted by molar-refractivity contribution is 0.102. The molecule has 2 aromatic carbocycles. The molecule has 0 unspecified atom stereocenters. The van der Waals surface area contributed by atoms with Gasteiger partial charge in [-0.2, -0.15) is 0 Å². The van der Waals surface area contributed by atoms with Crippen LogP contribution in [0.25, 0.3) is 17.0 Å². The molecule has 0 aliphatic carbocycles.